The summed E-state index contributed by atoms with van der Waals surface area (Å²) in [6, 6.07) is 3.71. The lowest BCUT2D eigenvalue weighted by atomic mass is 10.1. The number of urea groups is 1. The number of aromatic nitrogens is 1. The number of hydrogen-bond donors (Lipinski definition) is 2. The molecule has 0 saturated carbocycles. The van der Waals surface area contributed by atoms with Gasteiger partial charge in [-0.2, -0.15) is 0 Å². The molecule has 0 fully saturated rings. The van der Waals surface area contributed by atoms with Crippen LogP contribution in [-0.2, 0) is 0 Å². The third-order valence-electron chi connectivity index (χ3n) is 4.42. The Morgan fingerprint density at radius 2 is 2.18 bits per heavy atom. The molecule has 0 saturated heterocycles. The third kappa shape index (κ3) is 5.67. The molecule has 0 unspecified atom stereocenters. The lowest BCUT2D eigenvalue weighted by molar-refractivity contribution is 0.212. The average molecular weight is 380 g/mol. The number of allylic oxidation sites excluding steroid dienone is 4. The van der Waals surface area contributed by atoms with Gasteiger partial charge in [0.2, 0.25) is 0 Å². The monoisotopic (exact) mass is 379 g/mol. The Morgan fingerprint density at radius 1 is 1.39 bits per heavy atom. The minimum absolute atomic E-state index is 0.176. The number of pyridine rings is 1. The summed E-state index contributed by atoms with van der Waals surface area (Å²) in [5, 5.41) is 2.94. The molecule has 0 aliphatic carbocycles. The first-order valence-electron chi connectivity index (χ1n) is 9.44. The van der Waals surface area contributed by atoms with Gasteiger partial charge in [-0.3, -0.25) is 9.98 Å². The van der Waals surface area contributed by atoms with Gasteiger partial charge in [-0.25, -0.2) is 4.79 Å². The molecule has 0 spiro atoms. The molecule has 2 heterocycles. The van der Waals surface area contributed by atoms with E-state index in [9.17, 15) is 4.79 Å². The van der Waals surface area contributed by atoms with Crippen LogP contribution in [0.2, 0.25) is 0 Å². The van der Waals surface area contributed by atoms with Crippen LogP contribution >= 0.6 is 0 Å². The number of hydrogen-bond acceptors (Lipinski definition) is 4. The maximum Gasteiger partial charge on any atom is 0.322 e. The van der Waals surface area contributed by atoms with Crippen LogP contribution in [0.3, 0.4) is 0 Å². The highest BCUT2D eigenvalue weighted by atomic mass is 16.2. The molecule has 1 aromatic rings. The predicted molar refractivity (Wildman–Crippen MR) is 116 cm³/mol. The largest absolute Gasteiger partial charge is 0.397 e. The standard InChI is InChI=1S/C22H29N5O/c1-5-8-20(19(23)11-10-16(3)18-9-7-12-24-13-18)26-22(28)27-14-17(4)21(15-27)25-6-2/h6-13H,5,14-15,23H2,1-4H3,(H,26,28)/b16-10+,19-11+,20-8-,25-6-. The van der Waals surface area contributed by atoms with Crippen LogP contribution in [0.5, 0.6) is 0 Å². The van der Waals surface area contributed by atoms with Crippen LogP contribution in [0.25, 0.3) is 5.57 Å². The van der Waals surface area contributed by atoms with Gasteiger partial charge in [0.1, 0.15) is 0 Å². The second-order valence-corrected chi connectivity index (χ2v) is 6.64. The Bertz CT molecular complexity index is 847. The van der Waals surface area contributed by atoms with Crippen molar-refractivity contribution >= 4 is 17.8 Å². The summed E-state index contributed by atoms with van der Waals surface area (Å²) in [6.07, 6.45) is 11.7. The third-order valence-corrected chi connectivity index (χ3v) is 4.42. The average Bonchev–Trinajstić information content (AvgIpc) is 3.07. The quantitative estimate of drug-likeness (QED) is 0.578. The van der Waals surface area contributed by atoms with Crippen molar-refractivity contribution in [1.29, 1.82) is 0 Å². The lowest BCUT2D eigenvalue weighted by Gasteiger charge is -2.19. The summed E-state index contributed by atoms with van der Waals surface area (Å²) >= 11 is 0. The summed E-state index contributed by atoms with van der Waals surface area (Å²) in [5.74, 6) is 0. The van der Waals surface area contributed by atoms with E-state index in [1.807, 2.05) is 58.1 Å². The van der Waals surface area contributed by atoms with Gasteiger partial charge < -0.3 is 16.0 Å². The van der Waals surface area contributed by atoms with E-state index < -0.39 is 0 Å². The fraction of sp³-hybridized carbons (Fsp3) is 0.318. The maximum absolute atomic E-state index is 12.7. The summed E-state index contributed by atoms with van der Waals surface area (Å²) in [6.45, 7) is 8.95. The number of carbonyl (C=O) groups excluding carboxylic acids is 1. The first-order valence-corrected chi connectivity index (χ1v) is 9.44. The first kappa shape index (κ1) is 21.2. The van der Waals surface area contributed by atoms with E-state index in [0.29, 0.717) is 24.5 Å². The fourth-order valence-electron chi connectivity index (χ4n) is 2.84. The van der Waals surface area contributed by atoms with Gasteiger partial charge in [0, 0.05) is 25.2 Å². The number of nitrogens with zero attached hydrogens (tertiary/aromatic N) is 3. The van der Waals surface area contributed by atoms with Crippen LogP contribution in [0, 0.1) is 0 Å². The van der Waals surface area contributed by atoms with Crippen molar-refractivity contribution in [3.63, 3.8) is 0 Å². The van der Waals surface area contributed by atoms with E-state index in [0.717, 1.165) is 28.8 Å². The number of aliphatic imine (C=N–C) groups is 1. The van der Waals surface area contributed by atoms with Crippen LogP contribution in [0.1, 0.15) is 39.7 Å². The molecular weight excluding hydrogens is 350 g/mol. The molecule has 1 aromatic heterocycles. The Hall–Kier alpha value is -3.15. The summed E-state index contributed by atoms with van der Waals surface area (Å²) < 4.78 is 0. The number of carbonyl (C=O) groups is 1. The molecule has 28 heavy (non-hydrogen) atoms. The van der Waals surface area contributed by atoms with Crippen LogP contribution in [-0.4, -0.2) is 35.2 Å². The SMILES string of the molecule is C/C=N\C1=C(C)CN(C(=O)NC(=C\CC)/C(N)=C\C=C(/C)c2cccnc2)C1. The molecule has 3 N–H and O–H groups in total. The summed E-state index contributed by atoms with van der Waals surface area (Å²) in [5.41, 5.74) is 11.5. The van der Waals surface area contributed by atoms with E-state index in [1.54, 1.807) is 23.5 Å². The molecule has 0 radical (unpaired) electrons. The van der Waals surface area contributed by atoms with Gasteiger partial charge in [-0.15, -0.1) is 0 Å². The zero-order valence-corrected chi connectivity index (χ0v) is 17.1. The Balaban J connectivity index is 2.09. The van der Waals surface area contributed by atoms with E-state index >= 15 is 0 Å². The Kier molecular flexibility index (Phi) is 7.75. The topological polar surface area (TPSA) is 83.6 Å². The molecular formula is C22H29N5O. The van der Waals surface area contributed by atoms with E-state index in [4.69, 9.17) is 5.73 Å². The molecule has 1 aliphatic rings. The van der Waals surface area contributed by atoms with Crippen LogP contribution < -0.4 is 11.1 Å². The van der Waals surface area contributed by atoms with Crippen molar-refractivity contribution < 1.29 is 4.79 Å². The van der Waals surface area contributed by atoms with Crippen molar-refractivity contribution in [3.8, 4) is 0 Å². The molecule has 0 aromatic carbocycles. The molecule has 6 heteroatoms. The van der Waals surface area contributed by atoms with Crippen molar-refractivity contribution in [2.45, 2.75) is 34.1 Å². The van der Waals surface area contributed by atoms with Crippen molar-refractivity contribution in [3.05, 3.63) is 71.0 Å². The van der Waals surface area contributed by atoms with Gasteiger partial charge >= 0.3 is 6.03 Å². The van der Waals surface area contributed by atoms with Crippen LogP contribution in [0.4, 0.5) is 4.79 Å². The van der Waals surface area contributed by atoms with Gasteiger partial charge in [0.05, 0.1) is 23.6 Å². The smallest absolute Gasteiger partial charge is 0.322 e. The van der Waals surface area contributed by atoms with Crippen molar-refractivity contribution in [2.24, 2.45) is 10.7 Å². The number of amides is 2. The minimum Gasteiger partial charge on any atom is -0.397 e. The van der Waals surface area contributed by atoms with Gasteiger partial charge in [-0.1, -0.05) is 25.1 Å². The second-order valence-electron chi connectivity index (χ2n) is 6.64. The van der Waals surface area contributed by atoms with Gasteiger partial charge in [-0.05, 0) is 56.0 Å². The first-order chi connectivity index (χ1) is 13.5. The Morgan fingerprint density at radius 3 is 2.82 bits per heavy atom. The van der Waals surface area contributed by atoms with E-state index in [2.05, 4.69) is 15.3 Å². The number of nitrogens with two attached hydrogens (primary N) is 1. The van der Waals surface area contributed by atoms with Gasteiger partial charge in [0.15, 0.2) is 0 Å². The lowest BCUT2D eigenvalue weighted by Crippen LogP contribution is -2.39. The second kappa shape index (κ2) is 10.3. The molecule has 6 nitrogen and oxygen atoms in total. The summed E-state index contributed by atoms with van der Waals surface area (Å²) in [4.78, 5) is 22.9. The molecule has 0 atom stereocenters. The predicted octanol–water partition coefficient (Wildman–Crippen LogP) is 4.01. The van der Waals surface area contributed by atoms with Crippen molar-refractivity contribution in [1.82, 2.24) is 15.2 Å². The molecule has 1 aliphatic heterocycles. The minimum atomic E-state index is -0.176. The van der Waals surface area contributed by atoms with Crippen molar-refractivity contribution in [2.75, 3.05) is 13.1 Å². The number of rotatable bonds is 6. The van der Waals surface area contributed by atoms with Crippen LogP contribution in [0.15, 0.2) is 70.4 Å². The zero-order chi connectivity index (χ0) is 20.5. The molecule has 0 bridgehead atoms. The van der Waals surface area contributed by atoms with E-state index in [-0.39, 0.29) is 6.03 Å². The highest BCUT2D eigenvalue weighted by Crippen LogP contribution is 2.18. The highest BCUT2D eigenvalue weighted by Gasteiger charge is 2.23. The fourth-order valence-corrected chi connectivity index (χ4v) is 2.84. The number of nitrogens with one attached hydrogen (secondary N) is 1. The summed E-state index contributed by atoms with van der Waals surface area (Å²) in [7, 11) is 0. The van der Waals surface area contributed by atoms with Gasteiger partial charge in [0.25, 0.3) is 0 Å². The highest BCUT2D eigenvalue weighted by molar-refractivity contribution is 5.78. The zero-order valence-electron chi connectivity index (χ0n) is 17.1. The maximum atomic E-state index is 12.7. The normalized spacial score (nSPS) is 16.3. The molecule has 148 valence electrons. The molecule has 2 amide bonds. The molecule has 2 rings (SSSR count). The Labute approximate surface area is 167 Å². The van der Waals surface area contributed by atoms with E-state index in [1.165, 1.54) is 0 Å².